The van der Waals surface area contributed by atoms with Gasteiger partial charge >= 0.3 is 0 Å². The molecule has 2 rings (SSSR count). The van der Waals surface area contributed by atoms with Gasteiger partial charge in [-0.2, -0.15) is 0 Å². The van der Waals surface area contributed by atoms with Crippen molar-refractivity contribution in [2.75, 3.05) is 5.32 Å². The number of aromatic nitrogens is 3. The van der Waals surface area contributed by atoms with Gasteiger partial charge in [0.2, 0.25) is 5.95 Å². The number of nitrogens with one attached hydrogen (secondary N) is 2. The van der Waals surface area contributed by atoms with Gasteiger partial charge < -0.3 is 4.98 Å². The second-order valence-electron chi connectivity index (χ2n) is 2.25. The lowest BCUT2D eigenvalue weighted by Gasteiger charge is -1.97. The van der Waals surface area contributed by atoms with Crippen LogP contribution in [0.15, 0.2) is 28.3 Å². The van der Waals surface area contributed by atoms with E-state index in [9.17, 15) is 4.79 Å². The first kappa shape index (κ1) is 9.22. The Labute approximate surface area is 88.0 Å². The summed E-state index contributed by atoms with van der Waals surface area (Å²) < 4.78 is 0.717. The molecule has 2 heterocycles. The first-order valence-corrected chi connectivity index (χ1v) is 5.42. The highest BCUT2D eigenvalue weighted by molar-refractivity contribution is 8.15. The molecule has 0 spiro atoms. The van der Waals surface area contributed by atoms with E-state index in [2.05, 4.69) is 20.3 Å². The Hall–Kier alpha value is -1.34. The predicted octanol–water partition coefficient (Wildman–Crippen LogP) is 2.19. The van der Waals surface area contributed by atoms with E-state index in [-0.39, 0.29) is 5.24 Å². The zero-order chi connectivity index (χ0) is 9.80. The Morgan fingerprint density at radius 1 is 1.50 bits per heavy atom. The standard InChI is InChI=1S/C7H6N4OS2/c12-6(11-5-8-1-2-9-5)14-7-10-3-4-13-7/h1-4H,(H2,8,9,11,12). The summed E-state index contributed by atoms with van der Waals surface area (Å²) in [5, 5.41) is 4.21. The molecule has 0 radical (unpaired) electrons. The maximum Gasteiger partial charge on any atom is 0.292 e. The summed E-state index contributed by atoms with van der Waals surface area (Å²) in [6, 6.07) is 0. The topological polar surface area (TPSA) is 70.7 Å². The molecule has 2 N–H and O–H groups in total. The van der Waals surface area contributed by atoms with Gasteiger partial charge in [0.05, 0.1) is 0 Å². The minimum Gasteiger partial charge on any atom is -0.331 e. The third-order valence-corrected chi connectivity index (χ3v) is 2.98. The van der Waals surface area contributed by atoms with Crippen LogP contribution in [-0.4, -0.2) is 20.2 Å². The highest BCUT2D eigenvalue weighted by Gasteiger charge is 2.07. The monoisotopic (exact) mass is 226 g/mol. The Balaban J connectivity index is 1.91. The average molecular weight is 226 g/mol. The highest BCUT2D eigenvalue weighted by atomic mass is 32.2. The SMILES string of the molecule is O=C(Nc1ncc[nH]1)Sc1nccs1. The molecule has 0 unspecified atom stereocenters. The van der Waals surface area contributed by atoms with Crippen molar-refractivity contribution in [2.24, 2.45) is 0 Å². The van der Waals surface area contributed by atoms with Crippen LogP contribution >= 0.6 is 23.1 Å². The number of hydrogen-bond acceptors (Lipinski definition) is 5. The van der Waals surface area contributed by atoms with Gasteiger partial charge in [0, 0.05) is 35.7 Å². The number of thioether (sulfide) groups is 1. The number of H-pyrrole nitrogens is 1. The molecular formula is C7H6N4OS2. The van der Waals surface area contributed by atoms with Gasteiger partial charge in [-0.15, -0.1) is 11.3 Å². The van der Waals surface area contributed by atoms with E-state index in [0.717, 1.165) is 11.8 Å². The molecule has 0 saturated heterocycles. The number of imidazole rings is 1. The summed E-state index contributed by atoms with van der Waals surface area (Å²) in [5.74, 6) is 0.444. The number of rotatable bonds is 2. The number of anilines is 1. The summed E-state index contributed by atoms with van der Waals surface area (Å²) in [6.07, 6.45) is 4.88. The second kappa shape index (κ2) is 4.25. The fourth-order valence-electron chi connectivity index (χ4n) is 0.796. The Morgan fingerprint density at radius 2 is 2.43 bits per heavy atom. The molecule has 0 aliphatic carbocycles. The normalized spacial score (nSPS) is 10.0. The number of carbonyl (C=O) groups excluding carboxylic acids is 1. The average Bonchev–Trinajstić information content (AvgIpc) is 2.76. The molecule has 2 aromatic rings. The summed E-state index contributed by atoms with van der Waals surface area (Å²) in [4.78, 5) is 22.0. The van der Waals surface area contributed by atoms with Crippen molar-refractivity contribution in [3.05, 3.63) is 24.0 Å². The second-order valence-corrected chi connectivity index (χ2v) is 4.36. The van der Waals surface area contributed by atoms with Gasteiger partial charge in [-0.25, -0.2) is 9.97 Å². The van der Waals surface area contributed by atoms with Crippen LogP contribution in [0.3, 0.4) is 0 Å². The van der Waals surface area contributed by atoms with E-state index in [4.69, 9.17) is 0 Å². The van der Waals surface area contributed by atoms with Crippen LogP contribution in [0.4, 0.5) is 10.7 Å². The van der Waals surface area contributed by atoms with E-state index < -0.39 is 0 Å². The van der Waals surface area contributed by atoms with Crippen LogP contribution in [0.1, 0.15) is 0 Å². The van der Waals surface area contributed by atoms with Crippen LogP contribution in [0.5, 0.6) is 0 Å². The Morgan fingerprint density at radius 3 is 3.07 bits per heavy atom. The van der Waals surface area contributed by atoms with Crippen LogP contribution in [0.2, 0.25) is 0 Å². The molecule has 0 saturated carbocycles. The molecule has 2 aromatic heterocycles. The van der Waals surface area contributed by atoms with Gasteiger partial charge in [-0.05, 0) is 0 Å². The van der Waals surface area contributed by atoms with Crippen molar-refractivity contribution in [1.82, 2.24) is 15.0 Å². The molecule has 1 amide bonds. The van der Waals surface area contributed by atoms with Crippen LogP contribution in [-0.2, 0) is 0 Å². The zero-order valence-electron chi connectivity index (χ0n) is 6.93. The molecule has 0 fully saturated rings. The molecule has 0 bridgehead atoms. The van der Waals surface area contributed by atoms with Gasteiger partial charge in [-0.3, -0.25) is 10.1 Å². The predicted molar refractivity (Wildman–Crippen MR) is 55.6 cm³/mol. The van der Waals surface area contributed by atoms with Crippen molar-refractivity contribution in [3.63, 3.8) is 0 Å². The van der Waals surface area contributed by atoms with E-state index in [1.807, 2.05) is 5.38 Å². The van der Waals surface area contributed by atoms with Gasteiger partial charge in [0.25, 0.3) is 5.24 Å². The first-order valence-electron chi connectivity index (χ1n) is 3.72. The zero-order valence-corrected chi connectivity index (χ0v) is 8.56. The first-order chi connectivity index (χ1) is 6.84. The molecule has 72 valence electrons. The summed E-state index contributed by atoms with van der Waals surface area (Å²) in [7, 11) is 0. The summed E-state index contributed by atoms with van der Waals surface area (Å²) >= 11 is 2.47. The largest absolute Gasteiger partial charge is 0.331 e. The summed E-state index contributed by atoms with van der Waals surface area (Å²) in [6.45, 7) is 0. The Bertz CT molecular complexity index is 359. The number of thiazole rings is 1. The van der Waals surface area contributed by atoms with Crippen LogP contribution < -0.4 is 5.32 Å². The molecule has 0 atom stereocenters. The van der Waals surface area contributed by atoms with Crippen molar-refractivity contribution in [2.45, 2.75) is 4.34 Å². The van der Waals surface area contributed by atoms with Crippen molar-refractivity contribution < 1.29 is 4.79 Å². The fraction of sp³-hybridized carbons (Fsp3) is 0. The number of amides is 1. The molecule has 0 aliphatic rings. The Kier molecular flexibility index (Phi) is 2.80. The van der Waals surface area contributed by atoms with E-state index >= 15 is 0 Å². The number of nitrogens with zero attached hydrogens (tertiary/aromatic N) is 2. The number of hydrogen-bond donors (Lipinski definition) is 2. The van der Waals surface area contributed by atoms with E-state index in [1.165, 1.54) is 11.3 Å². The van der Waals surface area contributed by atoms with E-state index in [0.29, 0.717) is 10.3 Å². The van der Waals surface area contributed by atoms with Crippen molar-refractivity contribution in [1.29, 1.82) is 0 Å². The molecule has 0 aliphatic heterocycles. The molecule has 7 heteroatoms. The van der Waals surface area contributed by atoms with Gasteiger partial charge in [0.15, 0.2) is 4.34 Å². The van der Waals surface area contributed by atoms with Gasteiger partial charge in [0.1, 0.15) is 0 Å². The minimum atomic E-state index is -0.199. The van der Waals surface area contributed by atoms with Crippen LogP contribution in [0, 0.1) is 0 Å². The third kappa shape index (κ3) is 2.33. The van der Waals surface area contributed by atoms with Crippen molar-refractivity contribution >= 4 is 34.3 Å². The maximum absolute atomic E-state index is 11.3. The number of aromatic amines is 1. The lowest BCUT2D eigenvalue weighted by molar-refractivity contribution is 0.269. The van der Waals surface area contributed by atoms with Gasteiger partial charge in [-0.1, -0.05) is 0 Å². The van der Waals surface area contributed by atoms with Crippen molar-refractivity contribution in [3.8, 4) is 0 Å². The fourth-order valence-corrected chi connectivity index (χ4v) is 2.16. The molecule has 5 nitrogen and oxygen atoms in total. The highest BCUT2D eigenvalue weighted by Crippen LogP contribution is 2.21. The lowest BCUT2D eigenvalue weighted by atomic mass is 11.0. The molecule has 14 heavy (non-hydrogen) atoms. The third-order valence-electron chi connectivity index (χ3n) is 1.31. The maximum atomic E-state index is 11.3. The van der Waals surface area contributed by atoms with E-state index in [1.54, 1.807) is 18.6 Å². The van der Waals surface area contributed by atoms with Crippen LogP contribution in [0.25, 0.3) is 0 Å². The smallest absolute Gasteiger partial charge is 0.292 e. The molecular weight excluding hydrogens is 220 g/mol. The minimum absolute atomic E-state index is 0.199. The molecule has 0 aromatic carbocycles. The quantitative estimate of drug-likeness (QED) is 0.770. The summed E-state index contributed by atoms with van der Waals surface area (Å²) in [5.41, 5.74) is 0. The lowest BCUT2D eigenvalue weighted by Crippen LogP contribution is -2.05. The number of carbonyl (C=O) groups is 1.